The van der Waals surface area contributed by atoms with Crippen molar-refractivity contribution in [2.45, 2.75) is 77.6 Å². The number of carbonyl (C=O) groups is 2. The predicted octanol–water partition coefficient (Wildman–Crippen LogP) is 4.01. The van der Waals surface area contributed by atoms with Crippen molar-refractivity contribution in [2.75, 3.05) is 0 Å². The van der Waals surface area contributed by atoms with Crippen LogP contribution in [-0.4, -0.2) is 22.3 Å². The van der Waals surface area contributed by atoms with E-state index in [4.69, 9.17) is 10.4 Å². The summed E-state index contributed by atoms with van der Waals surface area (Å²) >= 11 is 0. The molecule has 0 saturated heterocycles. The highest BCUT2D eigenvalue weighted by atomic mass is 17.1. The van der Waals surface area contributed by atoms with Crippen LogP contribution >= 0.6 is 0 Å². The van der Waals surface area contributed by atoms with Crippen molar-refractivity contribution in [3.63, 3.8) is 0 Å². The Morgan fingerprint density at radius 3 is 2.05 bits per heavy atom. The van der Waals surface area contributed by atoms with Gasteiger partial charge in [0.1, 0.15) is 0 Å². The van der Waals surface area contributed by atoms with Gasteiger partial charge in [0.2, 0.25) is 0 Å². The minimum absolute atomic E-state index is 0.0478. The fourth-order valence-electron chi connectivity index (χ4n) is 2.30. The van der Waals surface area contributed by atoms with Gasteiger partial charge in [-0.2, -0.15) is 5.26 Å². The second-order valence-electron chi connectivity index (χ2n) is 5.30. The first-order valence-corrected chi connectivity index (χ1v) is 7.68. The van der Waals surface area contributed by atoms with Gasteiger partial charge in [-0.1, -0.05) is 51.9 Å². The summed E-state index contributed by atoms with van der Waals surface area (Å²) in [5, 5.41) is 17.0. The molecule has 0 bridgehead atoms. The van der Waals surface area contributed by atoms with E-state index in [1.54, 1.807) is 0 Å². The zero-order valence-electron chi connectivity index (χ0n) is 12.5. The van der Waals surface area contributed by atoms with Crippen molar-refractivity contribution in [3.8, 4) is 0 Å². The number of hydrogen-bond acceptors (Lipinski definition) is 4. The quantitative estimate of drug-likeness (QED) is 0.304. The molecule has 118 valence electrons. The summed E-state index contributed by atoms with van der Waals surface area (Å²) in [7, 11) is 0. The second kappa shape index (κ2) is 12.9. The first-order valence-electron chi connectivity index (χ1n) is 7.68. The van der Waals surface area contributed by atoms with Crippen molar-refractivity contribution in [3.05, 3.63) is 0 Å². The van der Waals surface area contributed by atoms with Gasteiger partial charge in [0.25, 0.3) is 0 Å². The molecule has 5 nitrogen and oxygen atoms in total. The maximum Gasteiger partial charge on any atom is 0.345 e. The maximum atomic E-state index is 11.4. The SMILES string of the molecule is CCCCCCCCCC(CCCC(=O)O)C(=O)OO. The van der Waals surface area contributed by atoms with E-state index in [-0.39, 0.29) is 12.3 Å². The van der Waals surface area contributed by atoms with Gasteiger partial charge in [-0.15, -0.1) is 0 Å². The van der Waals surface area contributed by atoms with Crippen LogP contribution < -0.4 is 0 Å². The van der Waals surface area contributed by atoms with Crippen LogP contribution in [0, 0.1) is 5.92 Å². The summed E-state index contributed by atoms with van der Waals surface area (Å²) in [5.41, 5.74) is 0. The molecule has 0 amide bonds. The highest BCUT2D eigenvalue weighted by Gasteiger charge is 2.20. The Morgan fingerprint density at radius 1 is 0.950 bits per heavy atom. The third kappa shape index (κ3) is 10.8. The van der Waals surface area contributed by atoms with Crippen LogP contribution in [0.25, 0.3) is 0 Å². The number of rotatable bonds is 13. The molecule has 0 aliphatic carbocycles. The Labute approximate surface area is 121 Å². The Morgan fingerprint density at radius 2 is 1.50 bits per heavy atom. The molecule has 0 aromatic carbocycles. The first-order chi connectivity index (χ1) is 9.61. The second-order valence-corrected chi connectivity index (χ2v) is 5.30. The van der Waals surface area contributed by atoms with Gasteiger partial charge in [0.15, 0.2) is 0 Å². The molecule has 0 aliphatic rings. The summed E-state index contributed by atoms with van der Waals surface area (Å²) in [6, 6.07) is 0. The highest BCUT2D eigenvalue weighted by molar-refractivity contribution is 5.71. The minimum Gasteiger partial charge on any atom is -0.481 e. The fourth-order valence-corrected chi connectivity index (χ4v) is 2.30. The maximum absolute atomic E-state index is 11.4. The fraction of sp³-hybridized carbons (Fsp3) is 0.867. The van der Waals surface area contributed by atoms with Gasteiger partial charge in [-0.25, -0.2) is 4.79 Å². The average molecular weight is 288 g/mol. The topological polar surface area (TPSA) is 83.8 Å². The van der Waals surface area contributed by atoms with Gasteiger partial charge in [-0.05, 0) is 19.3 Å². The highest BCUT2D eigenvalue weighted by Crippen LogP contribution is 2.19. The van der Waals surface area contributed by atoms with Crippen LogP contribution in [0.4, 0.5) is 0 Å². The third-order valence-corrected chi connectivity index (χ3v) is 3.52. The van der Waals surface area contributed by atoms with E-state index >= 15 is 0 Å². The zero-order chi connectivity index (χ0) is 15.2. The number of carbonyl (C=O) groups excluding carboxylic acids is 1. The molecule has 1 unspecified atom stereocenters. The molecule has 0 aromatic rings. The molecule has 2 N–H and O–H groups in total. The zero-order valence-corrected chi connectivity index (χ0v) is 12.5. The lowest BCUT2D eigenvalue weighted by atomic mass is 9.95. The molecule has 0 aliphatic heterocycles. The van der Waals surface area contributed by atoms with E-state index < -0.39 is 11.9 Å². The molecule has 0 aromatic heterocycles. The lowest BCUT2D eigenvalue weighted by Gasteiger charge is -2.12. The number of unbranched alkanes of at least 4 members (excludes halogenated alkanes) is 6. The third-order valence-electron chi connectivity index (χ3n) is 3.52. The molecule has 1 atom stereocenters. The van der Waals surface area contributed by atoms with E-state index in [9.17, 15) is 9.59 Å². The number of hydrogen-bond donors (Lipinski definition) is 2. The molecule has 0 rings (SSSR count). The minimum atomic E-state index is -0.864. The molecule has 0 heterocycles. The number of aliphatic carboxylic acids is 1. The molecule has 0 fully saturated rings. The van der Waals surface area contributed by atoms with Crippen LogP contribution in [0.15, 0.2) is 0 Å². The normalized spacial score (nSPS) is 12.1. The predicted molar refractivity (Wildman–Crippen MR) is 76.3 cm³/mol. The Hall–Kier alpha value is -1.10. The average Bonchev–Trinajstić information content (AvgIpc) is 2.43. The van der Waals surface area contributed by atoms with Crippen molar-refractivity contribution in [1.82, 2.24) is 0 Å². The van der Waals surface area contributed by atoms with Gasteiger partial charge >= 0.3 is 11.9 Å². The van der Waals surface area contributed by atoms with E-state index in [0.29, 0.717) is 19.3 Å². The lowest BCUT2D eigenvalue weighted by Crippen LogP contribution is -2.17. The van der Waals surface area contributed by atoms with Crippen LogP contribution in [0.3, 0.4) is 0 Å². The van der Waals surface area contributed by atoms with Crippen LogP contribution in [0.1, 0.15) is 77.6 Å². The van der Waals surface area contributed by atoms with Crippen molar-refractivity contribution in [2.24, 2.45) is 5.92 Å². The van der Waals surface area contributed by atoms with E-state index in [0.717, 1.165) is 19.3 Å². The summed E-state index contributed by atoms with van der Waals surface area (Å²) in [6.45, 7) is 2.18. The molecule has 0 spiro atoms. The van der Waals surface area contributed by atoms with Gasteiger partial charge in [0, 0.05) is 6.42 Å². The standard InChI is InChI=1S/C15H28O5/c1-2-3-4-5-6-7-8-10-13(15(18)20-19)11-9-12-14(16)17/h13,19H,2-12H2,1H3,(H,16,17). The van der Waals surface area contributed by atoms with Crippen molar-refractivity contribution in [1.29, 1.82) is 0 Å². The van der Waals surface area contributed by atoms with E-state index in [1.807, 2.05) is 0 Å². The van der Waals surface area contributed by atoms with Crippen LogP contribution in [-0.2, 0) is 14.5 Å². The van der Waals surface area contributed by atoms with Crippen LogP contribution in [0.2, 0.25) is 0 Å². The largest absolute Gasteiger partial charge is 0.481 e. The molecular formula is C15H28O5. The Bertz CT molecular complexity index is 265. The lowest BCUT2D eigenvalue weighted by molar-refractivity contribution is -0.239. The molecule has 20 heavy (non-hydrogen) atoms. The monoisotopic (exact) mass is 288 g/mol. The summed E-state index contributed by atoms with van der Waals surface area (Å²) in [4.78, 5) is 25.6. The Kier molecular flexibility index (Phi) is 12.2. The van der Waals surface area contributed by atoms with Gasteiger partial charge < -0.3 is 9.99 Å². The first kappa shape index (κ1) is 18.9. The molecule has 5 heteroatoms. The molecule has 0 radical (unpaired) electrons. The van der Waals surface area contributed by atoms with E-state index in [2.05, 4.69) is 11.8 Å². The smallest absolute Gasteiger partial charge is 0.345 e. The summed E-state index contributed by atoms with van der Waals surface area (Å²) < 4.78 is 0. The molecule has 0 saturated carbocycles. The summed E-state index contributed by atoms with van der Waals surface area (Å²) in [6.07, 6.45) is 9.74. The van der Waals surface area contributed by atoms with Crippen molar-refractivity contribution >= 4 is 11.9 Å². The van der Waals surface area contributed by atoms with Gasteiger partial charge in [-0.3, -0.25) is 4.79 Å². The molecular weight excluding hydrogens is 260 g/mol. The number of carboxylic acid groups (broad SMARTS) is 1. The van der Waals surface area contributed by atoms with Gasteiger partial charge in [0.05, 0.1) is 5.92 Å². The van der Waals surface area contributed by atoms with E-state index in [1.165, 1.54) is 25.7 Å². The summed E-state index contributed by atoms with van der Waals surface area (Å²) in [5.74, 6) is -1.88. The number of carboxylic acids is 1. The Balaban J connectivity index is 3.75. The van der Waals surface area contributed by atoms with Crippen LogP contribution in [0.5, 0.6) is 0 Å². The van der Waals surface area contributed by atoms with Crippen molar-refractivity contribution < 1.29 is 24.8 Å².